The number of nitrogens with one attached hydrogen (secondary N) is 2. The number of hydrogen-bond donors (Lipinski definition) is 2. The molecule has 0 spiro atoms. The Kier molecular flexibility index (Phi) is 6.00. The molecule has 1 heterocycles. The maximum Gasteiger partial charge on any atom is 0.270 e. The molecule has 2 N–H and O–H groups in total. The first kappa shape index (κ1) is 20.2. The summed E-state index contributed by atoms with van der Waals surface area (Å²) >= 11 is 1.16. The van der Waals surface area contributed by atoms with Crippen LogP contribution in [0.25, 0.3) is 6.08 Å². The Morgan fingerprint density at radius 1 is 1.17 bits per heavy atom. The Morgan fingerprint density at radius 3 is 2.59 bits per heavy atom. The number of non-ortho nitro benzene ring substituents is 1. The van der Waals surface area contributed by atoms with Crippen LogP contribution < -0.4 is 10.0 Å². The van der Waals surface area contributed by atoms with Gasteiger partial charge in [-0.3, -0.25) is 19.6 Å². The normalized spacial score (nSPS) is 11.3. The molecule has 0 bridgehead atoms. The molecular weight excluding hydrogens is 416 g/mol. The van der Waals surface area contributed by atoms with Crippen LogP contribution in [0.3, 0.4) is 0 Å². The van der Waals surface area contributed by atoms with Crippen molar-refractivity contribution in [2.24, 2.45) is 0 Å². The first-order valence-corrected chi connectivity index (χ1v) is 10.5. The Bertz CT molecular complexity index is 1160. The second kappa shape index (κ2) is 8.63. The number of benzene rings is 2. The molecule has 3 aromatic rings. The average molecular weight is 430 g/mol. The van der Waals surface area contributed by atoms with Gasteiger partial charge in [0, 0.05) is 35.5 Å². The van der Waals surface area contributed by atoms with Crippen LogP contribution in [-0.2, 0) is 14.8 Å². The molecule has 29 heavy (non-hydrogen) atoms. The highest BCUT2D eigenvalue weighted by Gasteiger charge is 2.15. The second-order valence-electron chi connectivity index (χ2n) is 5.64. The topological polar surface area (TPSA) is 131 Å². The zero-order chi connectivity index (χ0) is 20.9. The lowest BCUT2D eigenvalue weighted by molar-refractivity contribution is -0.384. The molecule has 0 radical (unpaired) electrons. The third-order valence-corrected chi connectivity index (χ3v) is 5.77. The number of rotatable bonds is 7. The highest BCUT2D eigenvalue weighted by molar-refractivity contribution is 7.93. The fourth-order valence-corrected chi connectivity index (χ4v) is 4.05. The summed E-state index contributed by atoms with van der Waals surface area (Å²) in [5.41, 5.74) is 0.826. The third-order valence-electron chi connectivity index (χ3n) is 3.59. The van der Waals surface area contributed by atoms with Crippen molar-refractivity contribution >= 4 is 49.8 Å². The van der Waals surface area contributed by atoms with E-state index in [4.69, 9.17) is 0 Å². The van der Waals surface area contributed by atoms with E-state index in [1.54, 1.807) is 11.4 Å². The average Bonchev–Trinajstić information content (AvgIpc) is 3.19. The number of carbonyl (C=O) groups excluding carboxylic acids is 1. The monoisotopic (exact) mass is 430 g/mol. The van der Waals surface area contributed by atoms with Gasteiger partial charge in [-0.25, -0.2) is 13.4 Å². The van der Waals surface area contributed by atoms with Crippen molar-refractivity contribution in [2.75, 3.05) is 10.0 Å². The highest BCUT2D eigenvalue weighted by atomic mass is 32.2. The Labute approximate surface area is 169 Å². The maximum absolute atomic E-state index is 12.3. The van der Waals surface area contributed by atoms with Gasteiger partial charge in [0.15, 0.2) is 5.13 Å². The summed E-state index contributed by atoms with van der Waals surface area (Å²) in [4.78, 5) is 26.2. The standard InChI is InChI=1S/C18H14N4O5S2/c23-17(9-4-13-2-1-3-15(12-13)22(24)25)20-14-5-7-16(8-6-14)29(26,27)21-18-19-10-11-28-18/h1-12H,(H,19,21)(H,20,23)/b9-4+. The zero-order valence-corrected chi connectivity index (χ0v) is 16.3. The maximum atomic E-state index is 12.3. The van der Waals surface area contributed by atoms with E-state index >= 15 is 0 Å². The second-order valence-corrected chi connectivity index (χ2v) is 8.22. The van der Waals surface area contributed by atoms with Gasteiger partial charge in [0.25, 0.3) is 15.7 Å². The van der Waals surface area contributed by atoms with Crippen LogP contribution >= 0.6 is 11.3 Å². The number of thiazole rings is 1. The predicted octanol–water partition coefficient (Wildman–Crippen LogP) is 3.50. The van der Waals surface area contributed by atoms with Crippen LogP contribution in [0.1, 0.15) is 5.56 Å². The summed E-state index contributed by atoms with van der Waals surface area (Å²) in [7, 11) is -3.77. The number of aromatic nitrogens is 1. The number of amides is 1. The SMILES string of the molecule is O=C(/C=C/c1cccc([N+](=O)[O-])c1)Nc1ccc(S(=O)(=O)Nc2nccs2)cc1. The van der Waals surface area contributed by atoms with Gasteiger partial charge in [0.2, 0.25) is 5.91 Å². The fourth-order valence-electron chi connectivity index (χ4n) is 2.26. The van der Waals surface area contributed by atoms with Crippen LogP contribution in [-0.4, -0.2) is 24.2 Å². The molecule has 0 saturated heterocycles. The van der Waals surface area contributed by atoms with Gasteiger partial charge in [-0.2, -0.15) is 0 Å². The van der Waals surface area contributed by atoms with Crippen LogP contribution in [0.15, 0.2) is 71.1 Å². The van der Waals surface area contributed by atoms with Crippen molar-refractivity contribution in [3.8, 4) is 0 Å². The summed E-state index contributed by atoms with van der Waals surface area (Å²) in [5, 5.41) is 15.3. The van der Waals surface area contributed by atoms with Gasteiger partial charge in [0.05, 0.1) is 9.82 Å². The lowest BCUT2D eigenvalue weighted by Gasteiger charge is -2.07. The van der Waals surface area contributed by atoms with E-state index in [1.165, 1.54) is 60.8 Å². The summed E-state index contributed by atoms with van der Waals surface area (Å²) in [5.74, 6) is -0.465. The fraction of sp³-hybridized carbons (Fsp3) is 0. The molecule has 0 aliphatic heterocycles. The van der Waals surface area contributed by atoms with E-state index in [0.717, 1.165) is 11.3 Å². The van der Waals surface area contributed by atoms with E-state index in [1.807, 2.05) is 0 Å². The van der Waals surface area contributed by atoms with Crippen LogP contribution in [0.4, 0.5) is 16.5 Å². The van der Waals surface area contributed by atoms with Crippen LogP contribution in [0.2, 0.25) is 0 Å². The Morgan fingerprint density at radius 2 is 1.93 bits per heavy atom. The summed E-state index contributed by atoms with van der Waals surface area (Å²) in [6, 6.07) is 11.5. The van der Waals surface area contributed by atoms with E-state index in [2.05, 4.69) is 15.0 Å². The number of anilines is 2. The Balaban J connectivity index is 1.64. The van der Waals surface area contributed by atoms with Crippen molar-refractivity contribution < 1.29 is 18.1 Å². The molecule has 0 aliphatic carbocycles. The van der Waals surface area contributed by atoms with E-state index in [0.29, 0.717) is 11.3 Å². The zero-order valence-electron chi connectivity index (χ0n) is 14.7. The first-order valence-electron chi connectivity index (χ1n) is 8.09. The third kappa shape index (κ3) is 5.46. The van der Waals surface area contributed by atoms with Crippen molar-refractivity contribution in [3.05, 3.63) is 81.9 Å². The highest BCUT2D eigenvalue weighted by Crippen LogP contribution is 2.20. The van der Waals surface area contributed by atoms with Gasteiger partial charge >= 0.3 is 0 Å². The number of carbonyl (C=O) groups is 1. The van der Waals surface area contributed by atoms with Crippen LogP contribution in [0.5, 0.6) is 0 Å². The minimum absolute atomic E-state index is 0.0258. The minimum Gasteiger partial charge on any atom is -0.323 e. The molecule has 11 heteroatoms. The molecule has 1 aromatic heterocycles. The minimum atomic E-state index is -3.77. The molecule has 0 unspecified atom stereocenters. The van der Waals surface area contributed by atoms with Gasteiger partial charge in [-0.15, -0.1) is 11.3 Å². The molecule has 0 saturated carbocycles. The van der Waals surface area contributed by atoms with Gasteiger partial charge < -0.3 is 5.32 Å². The predicted molar refractivity (Wildman–Crippen MR) is 110 cm³/mol. The number of nitrogens with zero attached hydrogens (tertiary/aromatic N) is 2. The molecule has 0 fully saturated rings. The number of sulfonamides is 1. The summed E-state index contributed by atoms with van der Waals surface area (Å²) in [6.07, 6.45) is 4.16. The van der Waals surface area contributed by atoms with Crippen molar-refractivity contribution in [3.63, 3.8) is 0 Å². The molecule has 148 valence electrons. The van der Waals surface area contributed by atoms with E-state index in [9.17, 15) is 23.3 Å². The molecular formula is C18H14N4O5S2. The molecule has 2 aromatic carbocycles. The molecule has 3 rings (SSSR count). The van der Waals surface area contributed by atoms with Gasteiger partial charge in [-0.05, 0) is 35.9 Å². The lowest BCUT2D eigenvalue weighted by Crippen LogP contribution is -2.13. The number of nitro groups is 1. The molecule has 9 nitrogen and oxygen atoms in total. The molecule has 0 aliphatic rings. The smallest absolute Gasteiger partial charge is 0.270 e. The van der Waals surface area contributed by atoms with Crippen LogP contribution in [0, 0.1) is 10.1 Å². The van der Waals surface area contributed by atoms with E-state index < -0.39 is 20.9 Å². The van der Waals surface area contributed by atoms with E-state index in [-0.39, 0.29) is 15.7 Å². The summed E-state index contributed by atoms with van der Waals surface area (Å²) < 4.78 is 26.9. The number of nitro benzene ring substituents is 1. The summed E-state index contributed by atoms with van der Waals surface area (Å²) in [6.45, 7) is 0. The first-order chi connectivity index (χ1) is 13.8. The van der Waals surface area contributed by atoms with Crippen molar-refractivity contribution in [2.45, 2.75) is 4.90 Å². The van der Waals surface area contributed by atoms with Crippen molar-refractivity contribution in [1.82, 2.24) is 4.98 Å². The van der Waals surface area contributed by atoms with Crippen molar-refractivity contribution in [1.29, 1.82) is 0 Å². The number of hydrogen-bond acceptors (Lipinski definition) is 7. The Hall–Kier alpha value is -3.57. The quantitative estimate of drug-likeness (QED) is 0.335. The molecule has 0 atom stereocenters. The lowest BCUT2D eigenvalue weighted by atomic mass is 10.2. The van der Waals surface area contributed by atoms with Gasteiger partial charge in [-0.1, -0.05) is 12.1 Å². The largest absolute Gasteiger partial charge is 0.323 e. The molecule has 1 amide bonds. The van der Waals surface area contributed by atoms with Gasteiger partial charge in [0.1, 0.15) is 0 Å².